The first-order valence-corrected chi connectivity index (χ1v) is 6.48. The summed E-state index contributed by atoms with van der Waals surface area (Å²) in [5, 5.41) is 11.3. The number of carbonyl (C=O) groups is 3. The third-order valence-electron chi connectivity index (χ3n) is 2.67. The van der Waals surface area contributed by atoms with Crippen LogP contribution in [0.4, 0.5) is 0 Å². The van der Waals surface area contributed by atoms with Crippen LogP contribution in [0, 0.1) is 0 Å². The number of primary amides is 1. The Labute approximate surface area is 112 Å². The van der Waals surface area contributed by atoms with E-state index in [1.54, 1.807) is 0 Å². The predicted octanol–water partition coefficient (Wildman–Crippen LogP) is -0.269. The number of rotatable bonds is 11. The van der Waals surface area contributed by atoms with E-state index in [9.17, 15) is 14.4 Å². The van der Waals surface area contributed by atoms with E-state index in [2.05, 4.69) is 5.32 Å². The lowest BCUT2D eigenvalue weighted by Gasteiger charge is -2.13. The highest BCUT2D eigenvalue weighted by Crippen LogP contribution is 2.04. The fourth-order valence-electron chi connectivity index (χ4n) is 1.59. The first-order chi connectivity index (χ1) is 8.97. The van der Waals surface area contributed by atoms with Crippen LogP contribution in [-0.2, 0) is 14.4 Å². The van der Waals surface area contributed by atoms with Gasteiger partial charge in [-0.05, 0) is 25.8 Å². The number of aliphatic carboxylic acids is 1. The lowest BCUT2D eigenvalue weighted by molar-refractivity contribution is -0.142. The van der Waals surface area contributed by atoms with Gasteiger partial charge in [0.25, 0.3) is 0 Å². The summed E-state index contributed by atoms with van der Waals surface area (Å²) in [6.45, 7) is 0.639. The standard InChI is InChI=1S/C12H23N3O4/c13-8-4-2-1-3-5-11(17)15-9(12(18)19)6-7-10(14)16/h9H,1-8,13H2,(H2,14,16)(H,15,17)(H,18,19). The molecule has 0 aromatic rings. The average Bonchev–Trinajstić information content (AvgIpc) is 2.33. The van der Waals surface area contributed by atoms with Gasteiger partial charge >= 0.3 is 5.97 Å². The summed E-state index contributed by atoms with van der Waals surface area (Å²) in [4.78, 5) is 33.0. The number of amides is 2. The van der Waals surface area contributed by atoms with Gasteiger partial charge in [0.2, 0.25) is 11.8 Å². The Kier molecular flexibility index (Phi) is 9.42. The van der Waals surface area contributed by atoms with Crippen molar-refractivity contribution in [1.29, 1.82) is 0 Å². The van der Waals surface area contributed by atoms with Gasteiger partial charge in [0.15, 0.2) is 0 Å². The molecule has 110 valence electrons. The van der Waals surface area contributed by atoms with E-state index < -0.39 is 17.9 Å². The number of carbonyl (C=O) groups excluding carboxylic acids is 2. The Morgan fingerprint density at radius 1 is 1.05 bits per heavy atom. The monoisotopic (exact) mass is 273 g/mol. The van der Waals surface area contributed by atoms with Crippen molar-refractivity contribution in [3.63, 3.8) is 0 Å². The second-order valence-corrected chi connectivity index (χ2v) is 4.42. The molecule has 7 heteroatoms. The molecule has 0 bridgehead atoms. The summed E-state index contributed by atoms with van der Waals surface area (Å²) in [5.74, 6) is -2.05. The molecule has 0 heterocycles. The highest BCUT2D eigenvalue weighted by molar-refractivity contribution is 5.84. The van der Waals surface area contributed by atoms with Crippen molar-refractivity contribution in [2.75, 3.05) is 6.54 Å². The van der Waals surface area contributed by atoms with Gasteiger partial charge in [-0.25, -0.2) is 4.79 Å². The summed E-state index contributed by atoms with van der Waals surface area (Å²) in [5.41, 5.74) is 10.3. The Hall–Kier alpha value is -1.63. The molecule has 1 atom stereocenters. The minimum Gasteiger partial charge on any atom is -0.480 e. The van der Waals surface area contributed by atoms with Gasteiger partial charge in [-0.2, -0.15) is 0 Å². The summed E-state index contributed by atoms with van der Waals surface area (Å²) < 4.78 is 0. The van der Waals surface area contributed by atoms with E-state index in [0.717, 1.165) is 19.3 Å². The summed E-state index contributed by atoms with van der Waals surface area (Å²) in [6, 6.07) is -1.05. The number of unbranched alkanes of at least 4 members (excludes halogenated alkanes) is 3. The molecule has 0 aliphatic carbocycles. The van der Waals surface area contributed by atoms with Crippen LogP contribution in [-0.4, -0.2) is 35.5 Å². The second kappa shape index (κ2) is 10.3. The van der Waals surface area contributed by atoms with Crippen LogP contribution in [0.3, 0.4) is 0 Å². The Bertz CT molecular complexity index is 307. The largest absolute Gasteiger partial charge is 0.480 e. The third-order valence-corrected chi connectivity index (χ3v) is 2.67. The van der Waals surface area contributed by atoms with Gasteiger partial charge < -0.3 is 21.9 Å². The van der Waals surface area contributed by atoms with Crippen LogP contribution < -0.4 is 16.8 Å². The van der Waals surface area contributed by atoms with Crippen LogP contribution in [0.1, 0.15) is 44.9 Å². The highest BCUT2D eigenvalue weighted by atomic mass is 16.4. The number of hydrogen-bond donors (Lipinski definition) is 4. The molecule has 0 spiro atoms. The quantitative estimate of drug-likeness (QED) is 0.384. The summed E-state index contributed by atoms with van der Waals surface area (Å²) in [6.07, 6.45) is 3.73. The summed E-state index contributed by atoms with van der Waals surface area (Å²) in [7, 11) is 0. The zero-order valence-corrected chi connectivity index (χ0v) is 11.1. The van der Waals surface area contributed by atoms with E-state index in [1.807, 2.05) is 0 Å². The smallest absolute Gasteiger partial charge is 0.326 e. The molecule has 0 aromatic carbocycles. The molecule has 7 nitrogen and oxygen atoms in total. The molecule has 0 radical (unpaired) electrons. The molecule has 0 saturated heterocycles. The Morgan fingerprint density at radius 3 is 2.21 bits per heavy atom. The second-order valence-electron chi connectivity index (χ2n) is 4.42. The molecule has 19 heavy (non-hydrogen) atoms. The number of nitrogens with two attached hydrogens (primary N) is 2. The molecular formula is C12H23N3O4. The number of hydrogen-bond acceptors (Lipinski definition) is 4. The van der Waals surface area contributed by atoms with Crippen LogP contribution >= 0.6 is 0 Å². The van der Waals surface area contributed by atoms with Gasteiger partial charge in [0, 0.05) is 12.8 Å². The zero-order chi connectivity index (χ0) is 14.7. The molecule has 1 unspecified atom stereocenters. The lowest BCUT2D eigenvalue weighted by atomic mass is 10.1. The van der Waals surface area contributed by atoms with Crippen molar-refractivity contribution in [3.05, 3.63) is 0 Å². The third kappa shape index (κ3) is 10.0. The van der Waals surface area contributed by atoms with Crippen LogP contribution in [0.15, 0.2) is 0 Å². The van der Waals surface area contributed by atoms with Gasteiger partial charge in [-0.3, -0.25) is 9.59 Å². The van der Waals surface area contributed by atoms with Crippen LogP contribution in [0.5, 0.6) is 0 Å². The van der Waals surface area contributed by atoms with Crippen molar-refractivity contribution in [2.24, 2.45) is 11.5 Å². The maximum absolute atomic E-state index is 11.5. The van der Waals surface area contributed by atoms with E-state index in [0.29, 0.717) is 13.0 Å². The first kappa shape index (κ1) is 17.4. The topological polar surface area (TPSA) is 136 Å². The van der Waals surface area contributed by atoms with Gasteiger partial charge in [0.1, 0.15) is 6.04 Å². The van der Waals surface area contributed by atoms with E-state index in [4.69, 9.17) is 16.6 Å². The first-order valence-electron chi connectivity index (χ1n) is 6.48. The molecule has 0 fully saturated rings. The Morgan fingerprint density at radius 2 is 1.68 bits per heavy atom. The molecule has 0 rings (SSSR count). The van der Waals surface area contributed by atoms with Crippen molar-refractivity contribution >= 4 is 17.8 Å². The number of nitrogens with one attached hydrogen (secondary N) is 1. The Balaban J connectivity index is 3.90. The predicted molar refractivity (Wildman–Crippen MR) is 70.1 cm³/mol. The van der Waals surface area contributed by atoms with Gasteiger partial charge in [-0.15, -0.1) is 0 Å². The van der Waals surface area contributed by atoms with Crippen molar-refractivity contribution in [1.82, 2.24) is 5.32 Å². The molecule has 0 aliphatic rings. The fraction of sp³-hybridized carbons (Fsp3) is 0.750. The normalized spacial score (nSPS) is 11.8. The van der Waals surface area contributed by atoms with Gasteiger partial charge in [0.05, 0.1) is 0 Å². The van der Waals surface area contributed by atoms with E-state index in [-0.39, 0.29) is 25.2 Å². The maximum Gasteiger partial charge on any atom is 0.326 e. The van der Waals surface area contributed by atoms with Crippen molar-refractivity contribution in [2.45, 2.75) is 51.0 Å². The van der Waals surface area contributed by atoms with Crippen molar-refractivity contribution < 1.29 is 19.5 Å². The SMILES string of the molecule is NCCCCCCC(=O)NC(CCC(N)=O)C(=O)O. The highest BCUT2D eigenvalue weighted by Gasteiger charge is 2.19. The average molecular weight is 273 g/mol. The minimum atomic E-state index is -1.15. The molecule has 0 aromatic heterocycles. The molecule has 6 N–H and O–H groups in total. The zero-order valence-electron chi connectivity index (χ0n) is 11.1. The van der Waals surface area contributed by atoms with E-state index in [1.165, 1.54) is 0 Å². The molecule has 2 amide bonds. The van der Waals surface area contributed by atoms with E-state index >= 15 is 0 Å². The molecular weight excluding hydrogens is 250 g/mol. The van der Waals surface area contributed by atoms with Crippen LogP contribution in [0.25, 0.3) is 0 Å². The lowest BCUT2D eigenvalue weighted by Crippen LogP contribution is -2.41. The molecule has 0 aliphatic heterocycles. The molecule has 0 saturated carbocycles. The fourth-order valence-corrected chi connectivity index (χ4v) is 1.59. The maximum atomic E-state index is 11.5. The summed E-state index contributed by atoms with van der Waals surface area (Å²) >= 11 is 0. The number of carboxylic acids is 1. The van der Waals surface area contributed by atoms with Crippen LogP contribution in [0.2, 0.25) is 0 Å². The van der Waals surface area contributed by atoms with Crippen molar-refractivity contribution in [3.8, 4) is 0 Å². The number of carboxylic acid groups (broad SMARTS) is 1. The minimum absolute atomic E-state index is 0.0174. The van der Waals surface area contributed by atoms with Gasteiger partial charge in [-0.1, -0.05) is 12.8 Å².